The third-order valence-electron chi connectivity index (χ3n) is 5.37. The number of aromatic nitrogens is 1. The molecule has 1 heterocycles. The lowest BCUT2D eigenvalue weighted by molar-refractivity contribution is -0.0528. The highest BCUT2D eigenvalue weighted by atomic mass is 32.2. The summed E-state index contributed by atoms with van der Waals surface area (Å²) in [5, 5.41) is 11.1. The highest BCUT2D eigenvalue weighted by Gasteiger charge is 2.39. The third kappa shape index (κ3) is 7.45. The maximum absolute atomic E-state index is 13.1. The predicted molar refractivity (Wildman–Crippen MR) is 128 cm³/mol. The summed E-state index contributed by atoms with van der Waals surface area (Å²) in [6.45, 7) is 13.3. The summed E-state index contributed by atoms with van der Waals surface area (Å²) >= 11 is 1.09. The number of nitrogens with one attached hydrogen (secondary N) is 2. The highest BCUT2D eigenvalue weighted by molar-refractivity contribution is 7.94. The molecule has 3 N–H and O–H groups in total. The van der Waals surface area contributed by atoms with E-state index in [2.05, 4.69) is 43.2 Å². The van der Waals surface area contributed by atoms with Gasteiger partial charge in [0.1, 0.15) is 33.0 Å². The van der Waals surface area contributed by atoms with Gasteiger partial charge in [-0.2, -0.15) is 0 Å². The molecule has 0 aliphatic heterocycles. The first kappa shape index (κ1) is 26.1. The smallest absolute Gasteiger partial charge is 0.140 e. The molecule has 1 aromatic heterocycles. The minimum Gasteiger partial charge on any atom is -0.381 e. The van der Waals surface area contributed by atoms with E-state index in [0.717, 1.165) is 16.9 Å². The summed E-state index contributed by atoms with van der Waals surface area (Å²) in [4.78, 5) is 4.23. The number of aliphatic hydroxyl groups is 1. The van der Waals surface area contributed by atoms with Crippen molar-refractivity contribution in [3.63, 3.8) is 0 Å². The molecule has 0 saturated heterocycles. The van der Waals surface area contributed by atoms with Crippen LogP contribution in [-0.2, 0) is 31.6 Å². The first-order chi connectivity index (χ1) is 14.2. The Morgan fingerprint density at radius 2 is 1.77 bits per heavy atom. The number of hydrogen-bond donors (Lipinski definition) is 3. The van der Waals surface area contributed by atoms with Gasteiger partial charge in [-0.15, -0.1) is 11.3 Å². The topological polar surface area (TPSA) is 105 Å². The van der Waals surface area contributed by atoms with Crippen molar-refractivity contribution in [2.24, 2.45) is 0 Å². The van der Waals surface area contributed by atoms with Gasteiger partial charge >= 0.3 is 0 Å². The Hall–Kier alpha value is -1.14. The van der Waals surface area contributed by atoms with Crippen LogP contribution in [0.3, 0.4) is 0 Å². The number of hydrogen-bond acceptors (Lipinski definition) is 7. The largest absolute Gasteiger partial charge is 0.381 e. The van der Waals surface area contributed by atoms with Gasteiger partial charge in [0.05, 0.1) is 32.6 Å². The molecular formula is C21H35N3O4S2Si. The fraction of sp³-hybridized carbons (Fsp3) is 0.571. The summed E-state index contributed by atoms with van der Waals surface area (Å²) in [6.07, 6.45) is 1.42. The zero-order chi connectivity index (χ0) is 23.3. The van der Waals surface area contributed by atoms with Crippen molar-refractivity contribution in [3.05, 3.63) is 47.1 Å². The molecule has 2 unspecified atom stereocenters. The first-order valence-corrected chi connectivity index (χ1v) is 15.6. The zero-order valence-electron chi connectivity index (χ0n) is 19.2. The standard InChI is InChI=1S/C21H35N3O4S2Si/c1-20(2,3)31(5,6)24-30(22,26)18-14-23-19(29-18)21(4,25)16-28-13-12-27-15-17-10-8-7-9-11-17/h7-11,14,25H,12-13,15-16H2,1-6H3,(H2,22,24,26). The van der Waals surface area contributed by atoms with E-state index < -0.39 is 23.8 Å². The fourth-order valence-electron chi connectivity index (χ4n) is 2.42. The van der Waals surface area contributed by atoms with Crippen LogP contribution >= 0.6 is 11.3 Å². The molecule has 2 atom stereocenters. The highest BCUT2D eigenvalue weighted by Crippen LogP contribution is 2.36. The average Bonchev–Trinajstić information content (AvgIpc) is 3.16. The molecule has 0 amide bonds. The Morgan fingerprint density at radius 1 is 1.16 bits per heavy atom. The normalized spacial score (nSPS) is 16.6. The molecule has 0 aliphatic rings. The minimum absolute atomic E-state index is 0.0313. The van der Waals surface area contributed by atoms with Gasteiger partial charge < -0.3 is 14.6 Å². The predicted octanol–water partition coefficient (Wildman–Crippen LogP) is 4.50. The van der Waals surface area contributed by atoms with E-state index >= 15 is 0 Å². The quantitative estimate of drug-likeness (QED) is 0.321. The van der Waals surface area contributed by atoms with Crippen LogP contribution in [0.5, 0.6) is 0 Å². The van der Waals surface area contributed by atoms with E-state index in [-0.39, 0.29) is 11.6 Å². The fourth-order valence-corrected chi connectivity index (χ4v) is 8.88. The molecule has 31 heavy (non-hydrogen) atoms. The monoisotopic (exact) mass is 485 g/mol. The van der Waals surface area contributed by atoms with Crippen LogP contribution in [0.2, 0.25) is 18.1 Å². The van der Waals surface area contributed by atoms with Gasteiger partial charge in [0.2, 0.25) is 0 Å². The van der Waals surface area contributed by atoms with Crippen LogP contribution in [0.4, 0.5) is 0 Å². The zero-order valence-corrected chi connectivity index (χ0v) is 21.9. The van der Waals surface area contributed by atoms with Gasteiger partial charge in [-0.3, -0.25) is 0 Å². The van der Waals surface area contributed by atoms with Crippen LogP contribution in [0, 0.1) is 4.78 Å². The Kier molecular flexibility index (Phi) is 8.59. The molecule has 0 saturated carbocycles. The van der Waals surface area contributed by atoms with E-state index in [1.165, 1.54) is 6.20 Å². The van der Waals surface area contributed by atoms with Crippen molar-refractivity contribution < 1.29 is 18.8 Å². The van der Waals surface area contributed by atoms with Crippen molar-refractivity contribution >= 4 is 29.5 Å². The third-order valence-corrected chi connectivity index (χ3v) is 15.0. The van der Waals surface area contributed by atoms with Gasteiger partial charge in [0.25, 0.3) is 0 Å². The van der Waals surface area contributed by atoms with E-state index in [0.29, 0.717) is 29.0 Å². The molecule has 0 radical (unpaired) electrons. The van der Waals surface area contributed by atoms with Crippen molar-refractivity contribution in [2.45, 2.75) is 62.2 Å². The molecule has 0 bridgehead atoms. The summed E-state index contributed by atoms with van der Waals surface area (Å²) in [7, 11) is -5.36. The van der Waals surface area contributed by atoms with E-state index in [4.69, 9.17) is 14.3 Å². The first-order valence-electron chi connectivity index (χ1n) is 10.2. The summed E-state index contributed by atoms with van der Waals surface area (Å²) < 4.78 is 36.0. The minimum atomic E-state index is -3.20. The van der Waals surface area contributed by atoms with Gasteiger partial charge in [-0.25, -0.2) is 18.4 Å². The van der Waals surface area contributed by atoms with Crippen molar-refractivity contribution in [2.75, 3.05) is 19.8 Å². The second-order valence-electron chi connectivity index (χ2n) is 9.38. The number of nitrogens with zero attached hydrogens (tertiary/aromatic N) is 1. The summed E-state index contributed by atoms with van der Waals surface area (Å²) in [6, 6.07) is 9.88. The van der Waals surface area contributed by atoms with Gasteiger partial charge in [-0.05, 0) is 17.5 Å². The Bertz CT molecular complexity index is 939. The number of rotatable bonds is 11. The van der Waals surface area contributed by atoms with Crippen LogP contribution < -0.4 is 4.39 Å². The second kappa shape index (κ2) is 10.2. The molecule has 174 valence electrons. The summed E-state index contributed by atoms with van der Waals surface area (Å²) in [5.74, 6) is 0. The van der Waals surface area contributed by atoms with Gasteiger partial charge in [0, 0.05) is 0 Å². The lowest BCUT2D eigenvalue weighted by atomic mass is 10.1. The average molecular weight is 486 g/mol. The lowest BCUT2D eigenvalue weighted by Crippen LogP contribution is -2.53. The molecule has 0 aliphatic carbocycles. The van der Waals surface area contributed by atoms with E-state index in [1.54, 1.807) is 6.92 Å². The van der Waals surface area contributed by atoms with Gasteiger partial charge in [0.15, 0.2) is 0 Å². The molecule has 2 rings (SSSR count). The number of thiazole rings is 1. The van der Waals surface area contributed by atoms with Crippen LogP contribution in [0.1, 0.15) is 38.3 Å². The van der Waals surface area contributed by atoms with Crippen LogP contribution in [0.15, 0.2) is 40.7 Å². The SMILES string of the molecule is CC(O)(COCCOCc1ccccc1)c1ncc(S(=N)(=O)N[Si](C)(C)C(C)(C)C)s1. The molecule has 0 fully saturated rings. The molecular weight excluding hydrogens is 450 g/mol. The van der Waals surface area contributed by atoms with Crippen molar-refractivity contribution in [1.82, 2.24) is 9.37 Å². The lowest BCUT2D eigenvalue weighted by Gasteiger charge is -2.37. The Morgan fingerprint density at radius 3 is 2.39 bits per heavy atom. The number of benzene rings is 1. The second-order valence-corrected chi connectivity index (χ2v) is 17.8. The molecule has 0 spiro atoms. The molecule has 10 heteroatoms. The van der Waals surface area contributed by atoms with Crippen molar-refractivity contribution in [1.29, 1.82) is 4.78 Å². The maximum atomic E-state index is 13.1. The van der Waals surface area contributed by atoms with Crippen LogP contribution in [0.25, 0.3) is 0 Å². The Balaban J connectivity index is 1.88. The Labute approximate surface area is 191 Å². The van der Waals surface area contributed by atoms with Crippen LogP contribution in [-0.4, -0.2) is 42.4 Å². The molecule has 1 aromatic carbocycles. The van der Waals surface area contributed by atoms with Gasteiger partial charge in [-0.1, -0.05) is 64.2 Å². The van der Waals surface area contributed by atoms with E-state index in [9.17, 15) is 9.32 Å². The maximum Gasteiger partial charge on any atom is 0.140 e. The number of ether oxygens (including phenoxy) is 2. The molecule has 2 aromatic rings. The van der Waals surface area contributed by atoms with Crippen molar-refractivity contribution in [3.8, 4) is 0 Å². The summed E-state index contributed by atoms with van der Waals surface area (Å²) in [5.41, 5.74) is -0.246. The van der Waals surface area contributed by atoms with E-state index in [1.807, 2.05) is 30.3 Å². The molecule has 7 nitrogen and oxygen atoms in total.